The fourth-order valence-electron chi connectivity index (χ4n) is 4.96. The third kappa shape index (κ3) is 7.53. The number of aromatic nitrogens is 5. The lowest BCUT2D eigenvalue weighted by Gasteiger charge is -2.29. The molecular formula is C21H32N10O9P2S2. The smallest absolute Gasteiger partial charge is 0.324 e. The number of nitrogens with one attached hydrogen (secondary N) is 2. The molecule has 5 heterocycles. The second-order valence-electron chi connectivity index (χ2n) is 9.85. The van der Waals surface area contributed by atoms with E-state index in [0.29, 0.717) is 23.9 Å². The van der Waals surface area contributed by atoms with E-state index in [9.17, 15) is 19.5 Å². The number of nitrogens with two attached hydrogens (primary N) is 3. The largest absolute Gasteiger partial charge is 0.391 e. The summed E-state index contributed by atoms with van der Waals surface area (Å²) in [5.41, 5.74) is 20.2. The van der Waals surface area contributed by atoms with Gasteiger partial charge in [-0.25, -0.2) is 15.4 Å². The van der Waals surface area contributed by atoms with Crippen molar-refractivity contribution in [1.29, 1.82) is 0 Å². The number of aromatic amines is 1. The molecule has 6 atom stereocenters. The fraction of sp³-hybridized carbons (Fsp3) is 0.524. The maximum absolute atomic E-state index is 12.1. The third-order valence-electron chi connectivity index (χ3n) is 6.93. The van der Waals surface area contributed by atoms with Crippen LogP contribution >= 0.6 is 13.4 Å². The van der Waals surface area contributed by atoms with Gasteiger partial charge in [-0.2, -0.15) is 4.98 Å². The van der Waals surface area contributed by atoms with E-state index in [4.69, 9.17) is 52.1 Å². The second kappa shape index (κ2) is 13.2. The Morgan fingerprint density at radius 3 is 2.68 bits per heavy atom. The van der Waals surface area contributed by atoms with Gasteiger partial charge in [-0.15, -0.1) is 0 Å². The summed E-state index contributed by atoms with van der Waals surface area (Å²) in [5, 5.41) is 2.08. The Morgan fingerprint density at radius 1 is 1.18 bits per heavy atom. The van der Waals surface area contributed by atoms with Gasteiger partial charge in [0.15, 0.2) is 5.82 Å². The number of H-pyrrole nitrogens is 1. The van der Waals surface area contributed by atoms with Crippen molar-refractivity contribution in [2.75, 3.05) is 42.5 Å². The molecule has 0 amide bonds. The predicted molar refractivity (Wildman–Crippen MR) is 166 cm³/mol. The molecule has 0 aromatic carbocycles. The molecule has 5 rings (SSSR count). The van der Waals surface area contributed by atoms with Crippen molar-refractivity contribution in [1.82, 2.24) is 29.9 Å². The molecule has 2 saturated heterocycles. The molecule has 3 aromatic rings. The zero-order chi connectivity index (χ0) is 31.8. The van der Waals surface area contributed by atoms with Crippen LogP contribution in [0.25, 0.3) is 11.0 Å². The van der Waals surface area contributed by atoms with Crippen molar-refractivity contribution in [3.05, 3.63) is 28.9 Å². The average Bonchev–Trinajstić information content (AvgIpc) is 3.68. The maximum atomic E-state index is 12.1. The lowest BCUT2D eigenvalue weighted by Crippen LogP contribution is -2.46. The van der Waals surface area contributed by atoms with E-state index < -0.39 is 49.8 Å². The van der Waals surface area contributed by atoms with Gasteiger partial charge in [0.25, 0.3) is 5.56 Å². The molecule has 0 spiro atoms. The summed E-state index contributed by atoms with van der Waals surface area (Å²) < 4.78 is 30.4. The summed E-state index contributed by atoms with van der Waals surface area (Å²) in [5.74, 6) is 0.272. The van der Waals surface area contributed by atoms with E-state index in [-0.39, 0.29) is 42.9 Å². The van der Waals surface area contributed by atoms with E-state index in [1.165, 1.54) is 11.3 Å². The van der Waals surface area contributed by atoms with Crippen LogP contribution in [-0.4, -0.2) is 84.0 Å². The van der Waals surface area contributed by atoms with Crippen LogP contribution in [0, 0.1) is 0 Å². The quantitative estimate of drug-likeness (QED) is 0.0879. The van der Waals surface area contributed by atoms with Crippen molar-refractivity contribution >= 4 is 71.4 Å². The molecule has 11 N–H and O–H groups in total. The number of nitrogens with zero attached hydrogens (tertiary/aromatic N) is 5. The summed E-state index contributed by atoms with van der Waals surface area (Å²) in [6.07, 6.45) is 0.613. The van der Waals surface area contributed by atoms with Crippen LogP contribution < -0.4 is 33.2 Å². The number of hydrazine groups is 1. The van der Waals surface area contributed by atoms with Gasteiger partial charge in [-0.1, -0.05) is 0 Å². The van der Waals surface area contributed by atoms with Crippen LogP contribution in [0.1, 0.15) is 25.5 Å². The number of anilines is 4. The topological polar surface area (TPSA) is 277 Å². The van der Waals surface area contributed by atoms with Crippen molar-refractivity contribution in [2.24, 2.45) is 0 Å². The highest BCUT2D eigenvalue weighted by atomic mass is 32.5. The van der Waals surface area contributed by atoms with E-state index in [1.807, 2.05) is 0 Å². The molecule has 44 heavy (non-hydrogen) atoms. The van der Waals surface area contributed by atoms with Gasteiger partial charge in [-0.05, 0) is 42.5 Å². The monoisotopic (exact) mass is 694 g/mol. The number of ether oxygens (including phenoxy) is 2. The molecule has 2 fully saturated rings. The normalized spacial score (nSPS) is 25.4. The minimum Gasteiger partial charge on any atom is -0.391 e. The first-order chi connectivity index (χ1) is 20.7. The standard InChI is InChI=1S/C21H32N10O9P2S2/c1-25-31(19-16(22)20(32)29-21(24)28-19)14-3-2-10(38-14)7-37-42(35,44)40-12-6-15(39-13(12)8-36-41(33,34)43)30-5-4-11-17(23)26-9-27-18(11)30/h4-5,9-10,12-15,25H,2-3,6-8,22H2,1H3,(H,35,44)(H2,23,26,27)(H2,33,34,43)(H3,24,28,29,32)/t10-,12?,13+,14+,15+,42?/m0/s1. The van der Waals surface area contributed by atoms with Crippen LogP contribution in [-0.2, 0) is 46.7 Å². The second-order valence-corrected chi connectivity index (χ2v) is 15.3. The van der Waals surface area contributed by atoms with Crippen LogP contribution in [0.3, 0.4) is 0 Å². The van der Waals surface area contributed by atoms with E-state index >= 15 is 0 Å². The van der Waals surface area contributed by atoms with E-state index in [1.54, 1.807) is 23.9 Å². The molecule has 2 aliphatic heterocycles. The highest BCUT2D eigenvalue weighted by Crippen LogP contribution is 2.50. The SMILES string of the molecule is CNN(c1nc(N)[nH]c(=O)c1N)[C@H]1CC[C@@H](COP(O)(=S)OC2C[C@H](n3ccc4c(N)ncnc43)O[C@@H]2COP(O)(O)=S)O1. The fourth-order valence-corrected chi connectivity index (χ4v) is 6.98. The molecule has 0 aliphatic carbocycles. The van der Waals surface area contributed by atoms with Crippen molar-refractivity contribution < 1.29 is 37.7 Å². The summed E-state index contributed by atoms with van der Waals surface area (Å²) in [6.45, 7) is -8.38. The zero-order valence-corrected chi connectivity index (χ0v) is 26.5. The summed E-state index contributed by atoms with van der Waals surface area (Å²) in [4.78, 5) is 56.9. The molecule has 0 saturated carbocycles. The van der Waals surface area contributed by atoms with Crippen LogP contribution in [0.4, 0.5) is 23.3 Å². The summed E-state index contributed by atoms with van der Waals surface area (Å²) in [7, 11) is 1.61. The van der Waals surface area contributed by atoms with E-state index in [0.717, 1.165) is 0 Å². The summed E-state index contributed by atoms with van der Waals surface area (Å²) in [6, 6.07) is 1.73. The molecule has 2 unspecified atom stereocenters. The Kier molecular flexibility index (Phi) is 9.88. The minimum absolute atomic E-state index is 0.0981. The van der Waals surface area contributed by atoms with Gasteiger partial charge >= 0.3 is 13.4 Å². The number of nitrogen functional groups attached to an aromatic ring is 3. The summed E-state index contributed by atoms with van der Waals surface area (Å²) >= 11 is 9.87. The van der Waals surface area contributed by atoms with Crippen molar-refractivity contribution in [3.8, 4) is 0 Å². The first-order valence-electron chi connectivity index (χ1n) is 13.1. The maximum Gasteiger partial charge on any atom is 0.324 e. The molecule has 3 aromatic heterocycles. The van der Waals surface area contributed by atoms with Gasteiger partial charge in [-0.3, -0.25) is 14.8 Å². The average molecular weight is 695 g/mol. The highest BCUT2D eigenvalue weighted by molar-refractivity contribution is 8.07. The van der Waals surface area contributed by atoms with Crippen molar-refractivity contribution in [2.45, 2.75) is 50.0 Å². The van der Waals surface area contributed by atoms with Gasteiger partial charge in [0.05, 0.1) is 30.8 Å². The van der Waals surface area contributed by atoms with Crippen LogP contribution in [0.5, 0.6) is 0 Å². The van der Waals surface area contributed by atoms with Gasteiger partial charge in [0.1, 0.15) is 42.0 Å². The molecule has 0 bridgehead atoms. The minimum atomic E-state index is -4.02. The molecule has 242 valence electrons. The molecular weight excluding hydrogens is 662 g/mol. The number of fused-ring (bicyclic) bond motifs is 1. The Morgan fingerprint density at radius 2 is 1.95 bits per heavy atom. The zero-order valence-electron chi connectivity index (χ0n) is 23.1. The lowest BCUT2D eigenvalue weighted by atomic mass is 10.2. The Hall–Kier alpha value is -2.36. The van der Waals surface area contributed by atoms with Crippen molar-refractivity contribution in [3.63, 3.8) is 0 Å². The molecule has 0 radical (unpaired) electrons. The van der Waals surface area contributed by atoms with E-state index in [2.05, 4.69) is 37.2 Å². The van der Waals surface area contributed by atoms with Crippen LogP contribution in [0.2, 0.25) is 0 Å². The first kappa shape index (κ1) is 33.0. The van der Waals surface area contributed by atoms with Gasteiger partial charge in [0.2, 0.25) is 5.95 Å². The van der Waals surface area contributed by atoms with Gasteiger partial charge in [0, 0.05) is 19.7 Å². The predicted octanol–water partition coefficient (Wildman–Crippen LogP) is -0.461. The lowest BCUT2D eigenvalue weighted by molar-refractivity contribution is -0.0397. The molecule has 2 aliphatic rings. The highest BCUT2D eigenvalue weighted by Gasteiger charge is 2.42. The van der Waals surface area contributed by atoms with Crippen LogP contribution in [0.15, 0.2) is 23.4 Å². The number of hydrogen-bond donors (Lipinski definition) is 8. The first-order valence-corrected chi connectivity index (χ1v) is 18.3. The number of rotatable bonds is 12. The Balaban J connectivity index is 1.23. The Labute approximate surface area is 260 Å². The number of hydrogen-bond acceptors (Lipinski definition) is 16. The third-order valence-corrected chi connectivity index (χ3v) is 9.31. The molecule has 23 heteroatoms. The van der Waals surface area contributed by atoms with Gasteiger partial charge < -0.3 is 59.5 Å². The Bertz CT molecular complexity index is 1660. The molecule has 19 nitrogen and oxygen atoms in total.